The molecule has 1 unspecified atom stereocenters. The molecule has 0 aromatic heterocycles. The number of terminal acetylenes is 1. The van der Waals surface area contributed by atoms with Crippen molar-refractivity contribution in [3.8, 4) is 12.3 Å². The third kappa shape index (κ3) is 3.14. The fourth-order valence-corrected chi connectivity index (χ4v) is 2.06. The number of carbonyl (C=O) groups excluding carboxylic acids is 1. The third-order valence-electron chi connectivity index (χ3n) is 2.86. The van der Waals surface area contributed by atoms with E-state index in [4.69, 9.17) is 11.5 Å². The lowest BCUT2D eigenvalue weighted by molar-refractivity contribution is -0.141. The molecule has 1 saturated heterocycles. The maximum Gasteiger partial charge on any atom is 0.326 e. The lowest BCUT2D eigenvalue weighted by Gasteiger charge is -2.28. The number of likely N-dealkylation sites (tertiary alicyclic amines) is 1. The Morgan fingerprint density at radius 2 is 2.22 bits per heavy atom. The van der Waals surface area contributed by atoms with Crippen molar-refractivity contribution in [2.45, 2.75) is 31.9 Å². The summed E-state index contributed by atoms with van der Waals surface area (Å²) in [5.41, 5.74) is 0. The summed E-state index contributed by atoms with van der Waals surface area (Å²) in [6.45, 7) is 2.57. The predicted octanol–water partition coefficient (Wildman–Crippen LogP) is -0.0286. The van der Waals surface area contributed by atoms with Gasteiger partial charge in [-0.15, -0.1) is 6.42 Å². The molecule has 0 spiro atoms. The van der Waals surface area contributed by atoms with Gasteiger partial charge in [-0.3, -0.25) is 0 Å². The first-order valence-corrected chi connectivity index (χ1v) is 5.91. The van der Waals surface area contributed by atoms with E-state index >= 15 is 0 Å². The number of hydrogen-bond donors (Lipinski definition) is 2. The maximum absolute atomic E-state index is 12.2. The normalized spacial score (nSPS) is 22.6. The Morgan fingerprint density at radius 1 is 1.56 bits per heavy atom. The monoisotopic (exact) mass is 254 g/mol. The minimum atomic E-state index is -1.10. The number of nitrogens with zero attached hydrogens (tertiary/aromatic N) is 2. The van der Waals surface area contributed by atoms with E-state index in [1.165, 1.54) is 9.80 Å². The number of aliphatic carboxylic acids is 1. The van der Waals surface area contributed by atoms with Gasteiger partial charge >= 0.3 is 12.0 Å². The Hall–Kier alpha value is -1.74. The number of hydrogen-bond acceptors (Lipinski definition) is 3. The summed E-state index contributed by atoms with van der Waals surface area (Å²) in [5, 5.41) is 18.5. The molecule has 6 nitrogen and oxygen atoms in total. The van der Waals surface area contributed by atoms with Crippen LogP contribution in [-0.2, 0) is 4.79 Å². The zero-order valence-electron chi connectivity index (χ0n) is 10.4. The number of rotatable bonds is 4. The molecular formula is C12H18N2O4. The minimum absolute atomic E-state index is 0.0422. The van der Waals surface area contributed by atoms with E-state index in [-0.39, 0.29) is 19.5 Å². The first kappa shape index (κ1) is 14.3. The highest BCUT2D eigenvalue weighted by molar-refractivity contribution is 5.83. The summed E-state index contributed by atoms with van der Waals surface area (Å²) < 4.78 is 0. The van der Waals surface area contributed by atoms with Gasteiger partial charge in [-0.2, -0.15) is 0 Å². The van der Waals surface area contributed by atoms with E-state index in [1.54, 1.807) is 0 Å². The minimum Gasteiger partial charge on any atom is -0.480 e. The van der Waals surface area contributed by atoms with Crippen molar-refractivity contribution >= 4 is 12.0 Å². The molecule has 1 fully saturated rings. The van der Waals surface area contributed by atoms with Crippen LogP contribution in [0.3, 0.4) is 0 Å². The van der Waals surface area contributed by atoms with Crippen molar-refractivity contribution in [1.29, 1.82) is 0 Å². The number of aliphatic hydroxyl groups is 1. The fourth-order valence-electron chi connectivity index (χ4n) is 2.06. The molecule has 2 amide bonds. The van der Waals surface area contributed by atoms with Crippen LogP contribution in [0.25, 0.3) is 0 Å². The molecule has 1 aliphatic rings. The number of aliphatic hydroxyl groups excluding tert-OH is 1. The van der Waals surface area contributed by atoms with Gasteiger partial charge in [0.25, 0.3) is 0 Å². The van der Waals surface area contributed by atoms with Crippen LogP contribution in [0.1, 0.15) is 19.8 Å². The van der Waals surface area contributed by atoms with Crippen LogP contribution in [0.5, 0.6) is 0 Å². The zero-order chi connectivity index (χ0) is 13.7. The molecule has 1 rings (SSSR count). The van der Waals surface area contributed by atoms with Crippen molar-refractivity contribution < 1.29 is 19.8 Å². The molecular weight excluding hydrogens is 236 g/mol. The summed E-state index contributed by atoms with van der Waals surface area (Å²) in [6.07, 6.45) is 5.21. The lowest BCUT2D eigenvalue weighted by Crippen LogP contribution is -2.48. The first-order valence-electron chi connectivity index (χ1n) is 5.91. The SMILES string of the molecule is C#CCN(CCC)C(=O)N1CC(O)C[C@H]1C(=O)O. The van der Waals surface area contributed by atoms with Gasteiger partial charge in [0.15, 0.2) is 0 Å². The van der Waals surface area contributed by atoms with Gasteiger partial charge in [-0.1, -0.05) is 12.8 Å². The molecule has 0 aliphatic carbocycles. The Labute approximate surface area is 106 Å². The summed E-state index contributed by atoms with van der Waals surface area (Å²) in [7, 11) is 0. The molecule has 18 heavy (non-hydrogen) atoms. The van der Waals surface area contributed by atoms with Gasteiger partial charge in [0.2, 0.25) is 0 Å². The molecule has 0 aromatic rings. The van der Waals surface area contributed by atoms with Crippen molar-refractivity contribution in [3.05, 3.63) is 0 Å². The highest BCUT2D eigenvalue weighted by Crippen LogP contribution is 2.20. The topological polar surface area (TPSA) is 81.1 Å². The van der Waals surface area contributed by atoms with Crippen LogP contribution in [0.2, 0.25) is 0 Å². The van der Waals surface area contributed by atoms with Gasteiger partial charge in [-0.05, 0) is 6.42 Å². The quantitative estimate of drug-likeness (QED) is 0.690. The van der Waals surface area contributed by atoms with Gasteiger partial charge in [0, 0.05) is 19.5 Å². The number of carboxylic acids is 1. The first-order chi connectivity index (χ1) is 8.51. The predicted molar refractivity (Wildman–Crippen MR) is 64.8 cm³/mol. The molecule has 2 atom stereocenters. The van der Waals surface area contributed by atoms with E-state index in [9.17, 15) is 14.7 Å². The summed E-state index contributed by atoms with van der Waals surface area (Å²) in [4.78, 5) is 25.8. The second-order valence-corrected chi connectivity index (χ2v) is 4.30. The average molecular weight is 254 g/mol. The fraction of sp³-hybridized carbons (Fsp3) is 0.667. The number of carbonyl (C=O) groups is 2. The second kappa shape index (κ2) is 6.26. The Balaban J connectivity index is 2.80. The van der Waals surface area contributed by atoms with E-state index in [2.05, 4.69) is 5.92 Å². The van der Waals surface area contributed by atoms with Crippen molar-refractivity contribution in [1.82, 2.24) is 9.80 Å². The molecule has 0 aromatic carbocycles. The van der Waals surface area contributed by atoms with E-state index in [0.717, 1.165) is 6.42 Å². The average Bonchev–Trinajstić information content (AvgIpc) is 2.70. The molecule has 2 N–H and O–H groups in total. The van der Waals surface area contributed by atoms with Crippen LogP contribution >= 0.6 is 0 Å². The van der Waals surface area contributed by atoms with Gasteiger partial charge in [-0.25, -0.2) is 9.59 Å². The molecule has 1 aliphatic heterocycles. The number of amides is 2. The molecule has 0 bridgehead atoms. The van der Waals surface area contributed by atoms with Crippen LogP contribution in [-0.4, -0.2) is 63.8 Å². The zero-order valence-corrected chi connectivity index (χ0v) is 10.4. The van der Waals surface area contributed by atoms with Crippen molar-refractivity contribution in [2.24, 2.45) is 0 Å². The Bertz CT molecular complexity index is 364. The highest BCUT2D eigenvalue weighted by atomic mass is 16.4. The maximum atomic E-state index is 12.2. The molecule has 100 valence electrons. The summed E-state index contributed by atoms with van der Waals surface area (Å²) in [5.74, 6) is 1.28. The van der Waals surface area contributed by atoms with Gasteiger partial charge in [0.05, 0.1) is 12.6 Å². The number of carboxylic acid groups (broad SMARTS) is 1. The summed E-state index contributed by atoms with van der Waals surface area (Å²) >= 11 is 0. The second-order valence-electron chi connectivity index (χ2n) is 4.30. The van der Waals surface area contributed by atoms with E-state index < -0.39 is 24.1 Å². The molecule has 6 heteroatoms. The molecule has 0 saturated carbocycles. The number of β-amino-alcohol motifs (C(OH)–C–C–N with tert-alkyl or cyclic N) is 1. The number of urea groups is 1. The summed E-state index contributed by atoms with van der Waals surface area (Å²) in [6, 6.07) is -1.39. The smallest absolute Gasteiger partial charge is 0.326 e. The lowest BCUT2D eigenvalue weighted by atomic mass is 10.2. The largest absolute Gasteiger partial charge is 0.480 e. The van der Waals surface area contributed by atoms with Crippen LogP contribution < -0.4 is 0 Å². The molecule has 1 heterocycles. The van der Waals surface area contributed by atoms with Gasteiger partial charge < -0.3 is 20.0 Å². The third-order valence-corrected chi connectivity index (χ3v) is 2.86. The van der Waals surface area contributed by atoms with E-state index in [1.807, 2.05) is 6.92 Å². The molecule has 0 radical (unpaired) electrons. The Morgan fingerprint density at radius 3 is 2.72 bits per heavy atom. The van der Waals surface area contributed by atoms with E-state index in [0.29, 0.717) is 6.54 Å². The van der Waals surface area contributed by atoms with Crippen LogP contribution in [0.4, 0.5) is 4.79 Å². The van der Waals surface area contributed by atoms with Crippen LogP contribution in [0.15, 0.2) is 0 Å². The van der Waals surface area contributed by atoms with Crippen molar-refractivity contribution in [3.63, 3.8) is 0 Å². The standard InChI is InChI=1S/C12H18N2O4/c1-3-5-13(6-4-2)12(18)14-8-9(15)7-10(14)11(16)17/h1,9-10,15H,4-8H2,2H3,(H,16,17)/t9?,10-/m0/s1. The highest BCUT2D eigenvalue weighted by Gasteiger charge is 2.40. The Kier molecular flexibility index (Phi) is 4.98. The van der Waals surface area contributed by atoms with Crippen LogP contribution in [0, 0.1) is 12.3 Å². The van der Waals surface area contributed by atoms with Crippen molar-refractivity contribution in [2.75, 3.05) is 19.6 Å². The van der Waals surface area contributed by atoms with Gasteiger partial charge in [0.1, 0.15) is 6.04 Å².